The number of amides is 2. The van der Waals surface area contributed by atoms with E-state index < -0.39 is 65.5 Å². The minimum absolute atomic E-state index is 0.0939. The molecule has 43 heavy (non-hydrogen) atoms. The highest BCUT2D eigenvalue weighted by molar-refractivity contribution is 6.06. The lowest BCUT2D eigenvalue weighted by molar-refractivity contribution is -0.412. The van der Waals surface area contributed by atoms with Crippen molar-refractivity contribution < 1.29 is 62.3 Å². The first-order chi connectivity index (χ1) is 19.8. The van der Waals surface area contributed by atoms with Crippen LogP contribution < -0.4 is 10.6 Å². The second-order valence-corrected chi connectivity index (χ2v) is 9.04. The van der Waals surface area contributed by atoms with Gasteiger partial charge in [0.1, 0.15) is 0 Å². The molecule has 0 spiro atoms. The van der Waals surface area contributed by atoms with Gasteiger partial charge in [-0.15, -0.1) is 0 Å². The molecule has 0 fully saturated rings. The number of hydrogen-bond donors (Lipinski definition) is 2. The molecule has 2 amide bonds. The van der Waals surface area contributed by atoms with E-state index in [1.165, 1.54) is 54.6 Å². The van der Waals surface area contributed by atoms with Gasteiger partial charge in [0, 0.05) is 28.9 Å². The lowest BCUT2D eigenvalue weighted by atomic mass is 9.90. The van der Waals surface area contributed by atoms with Gasteiger partial charge in [0.05, 0.1) is 0 Å². The third kappa shape index (κ3) is 6.27. The van der Waals surface area contributed by atoms with Crippen molar-refractivity contribution in [3.05, 3.63) is 95.6 Å². The molecule has 0 aliphatic rings. The SMILES string of the molecule is O=C(Nc1ccc(CC(F)(F)C(F)(F)C(F)(F)C(F)(F)C(F)(F)C(F)F)c(NC(=O)c2ccccc2)c1)c1ccccc1. The summed E-state index contributed by atoms with van der Waals surface area (Å²) in [6.45, 7) is 0. The first-order valence-electron chi connectivity index (χ1n) is 11.8. The molecule has 0 bridgehead atoms. The zero-order valence-electron chi connectivity index (χ0n) is 21.1. The van der Waals surface area contributed by atoms with Crippen LogP contribution >= 0.6 is 0 Å². The van der Waals surface area contributed by atoms with E-state index in [-0.39, 0.29) is 16.8 Å². The van der Waals surface area contributed by atoms with Crippen LogP contribution in [0.25, 0.3) is 0 Å². The first-order valence-corrected chi connectivity index (χ1v) is 11.8. The minimum Gasteiger partial charge on any atom is -0.322 e. The number of benzene rings is 3. The van der Waals surface area contributed by atoms with Gasteiger partial charge in [-0.2, -0.15) is 43.9 Å². The van der Waals surface area contributed by atoms with E-state index in [4.69, 9.17) is 0 Å². The molecule has 0 heterocycles. The maximum Gasteiger partial charge on any atom is 0.384 e. The van der Waals surface area contributed by atoms with E-state index in [9.17, 15) is 62.3 Å². The summed E-state index contributed by atoms with van der Waals surface area (Å²) < 4.78 is 164. The average Bonchev–Trinajstić information content (AvgIpc) is 2.94. The second kappa shape index (κ2) is 11.8. The predicted molar refractivity (Wildman–Crippen MR) is 130 cm³/mol. The predicted octanol–water partition coefficient (Wildman–Crippen LogP) is 8.18. The summed E-state index contributed by atoms with van der Waals surface area (Å²) in [5, 5.41) is 4.34. The second-order valence-electron chi connectivity index (χ2n) is 9.04. The average molecular weight is 630 g/mol. The Hall–Kier alpha value is -4.24. The number of anilines is 2. The van der Waals surface area contributed by atoms with Crippen LogP contribution in [0.3, 0.4) is 0 Å². The van der Waals surface area contributed by atoms with Crippen molar-refractivity contribution in [2.45, 2.75) is 42.5 Å². The number of rotatable bonds is 11. The van der Waals surface area contributed by atoms with Crippen LogP contribution in [-0.2, 0) is 6.42 Å². The molecule has 0 radical (unpaired) electrons. The fraction of sp³-hybridized carbons (Fsp3) is 0.259. The Balaban J connectivity index is 2.02. The fourth-order valence-electron chi connectivity index (χ4n) is 3.62. The van der Waals surface area contributed by atoms with Gasteiger partial charge in [-0.05, 0) is 42.0 Å². The molecule has 232 valence electrons. The summed E-state index contributed by atoms with van der Waals surface area (Å²) in [5.41, 5.74) is -2.18. The molecule has 0 atom stereocenters. The zero-order valence-corrected chi connectivity index (χ0v) is 21.1. The Kier molecular flexibility index (Phi) is 9.13. The summed E-state index contributed by atoms with van der Waals surface area (Å²) in [7, 11) is 0. The van der Waals surface area contributed by atoms with E-state index in [1.54, 1.807) is 6.07 Å². The first kappa shape index (κ1) is 33.3. The van der Waals surface area contributed by atoms with Crippen molar-refractivity contribution in [2.75, 3.05) is 10.6 Å². The topological polar surface area (TPSA) is 58.2 Å². The van der Waals surface area contributed by atoms with Crippen LogP contribution in [0.4, 0.5) is 64.1 Å². The number of nitrogens with one attached hydrogen (secondary N) is 2. The van der Waals surface area contributed by atoms with E-state index in [0.717, 1.165) is 12.1 Å². The van der Waals surface area contributed by atoms with Gasteiger partial charge < -0.3 is 10.6 Å². The van der Waals surface area contributed by atoms with Crippen molar-refractivity contribution >= 4 is 23.2 Å². The lowest BCUT2D eigenvalue weighted by Crippen LogP contribution is -2.68. The molecule has 0 aliphatic heterocycles. The largest absolute Gasteiger partial charge is 0.384 e. The normalized spacial score (nSPS) is 13.1. The third-order valence-corrected chi connectivity index (χ3v) is 6.04. The molecular weight excluding hydrogens is 612 g/mol. The lowest BCUT2D eigenvalue weighted by Gasteiger charge is -2.39. The Labute approximate surface area is 234 Å². The van der Waals surface area contributed by atoms with E-state index in [1.807, 2.05) is 5.32 Å². The molecule has 16 heteroatoms. The minimum atomic E-state index is -7.69. The van der Waals surface area contributed by atoms with Gasteiger partial charge in [0.15, 0.2) is 0 Å². The van der Waals surface area contributed by atoms with Gasteiger partial charge >= 0.3 is 36.0 Å². The highest BCUT2D eigenvalue weighted by atomic mass is 19.4. The molecule has 0 saturated heterocycles. The summed E-state index contributed by atoms with van der Waals surface area (Å²) in [6.07, 6.45) is -8.19. The Bertz CT molecular complexity index is 1450. The van der Waals surface area contributed by atoms with Crippen LogP contribution in [0.15, 0.2) is 78.9 Å². The van der Waals surface area contributed by atoms with Gasteiger partial charge in [0.2, 0.25) is 0 Å². The molecule has 0 aliphatic carbocycles. The van der Waals surface area contributed by atoms with Crippen LogP contribution in [-0.4, -0.2) is 47.9 Å². The maximum atomic E-state index is 14.7. The summed E-state index contributed by atoms with van der Waals surface area (Å²) in [5.74, 6) is -37.9. The van der Waals surface area contributed by atoms with Crippen molar-refractivity contribution in [3.8, 4) is 0 Å². The number of hydrogen-bond acceptors (Lipinski definition) is 2. The molecule has 3 aromatic carbocycles. The molecule has 3 rings (SSSR count). The van der Waals surface area contributed by atoms with Crippen LogP contribution in [0.1, 0.15) is 26.3 Å². The van der Waals surface area contributed by atoms with Gasteiger partial charge in [-0.3, -0.25) is 9.59 Å². The molecule has 0 saturated carbocycles. The van der Waals surface area contributed by atoms with Crippen LogP contribution in [0.5, 0.6) is 0 Å². The molecule has 0 unspecified atom stereocenters. The molecular formula is C27H18F12N2O2. The smallest absolute Gasteiger partial charge is 0.322 e. The van der Waals surface area contributed by atoms with Crippen molar-refractivity contribution in [2.24, 2.45) is 0 Å². The van der Waals surface area contributed by atoms with Crippen LogP contribution in [0.2, 0.25) is 0 Å². The summed E-state index contributed by atoms with van der Waals surface area (Å²) >= 11 is 0. The van der Waals surface area contributed by atoms with E-state index in [0.29, 0.717) is 6.07 Å². The third-order valence-electron chi connectivity index (χ3n) is 6.04. The van der Waals surface area contributed by atoms with Crippen molar-refractivity contribution in [1.29, 1.82) is 0 Å². The zero-order chi connectivity index (χ0) is 32.4. The molecule has 2 N–H and O–H groups in total. The van der Waals surface area contributed by atoms with E-state index in [2.05, 4.69) is 5.32 Å². The van der Waals surface area contributed by atoms with E-state index >= 15 is 0 Å². The van der Waals surface area contributed by atoms with Gasteiger partial charge in [0.25, 0.3) is 11.8 Å². The number of alkyl halides is 12. The number of carbonyl (C=O) groups is 2. The highest BCUT2D eigenvalue weighted by Gasteiger charge is 2.87. The quantitative estimate of drug-likeness (QED) is 0.210. The fourth-order valence-corrected chi connectivity index (χ4v) is 3.62. The molecule has 3 aromatic rings. The summed E-state index contributed by atoms with van der Waals surface area (Å²) in [6, 6.07) is 16.1. The summed E-state index contributed by atoms with van der Waals surface area (Å²) in [4.78, 5) is 25.1. The van der Waals surface area contributed by atoms with Crippen molar-refractivity contribution in [1.82, 2.24) is 0 Å². The monoisotopic (exact) mass is 630 g/mol. The van der Waals surface area contributed by atoms with Crippen LogP contribution in [0, 0.1) is 0 Å². The Morgan fingerprint density at radius 1 is 0.605 bits per heavy atom. The highest BCUT2D eigenvalue weighted by Crippen LogP contribution is 2.58. The Morgan fingerprint density at radius 2 is 1.07 bits per heavy atom. The van der Waals surface area contributed by atoms with Gasteiger partial charge in [-0.25, -0.2) is 8.78 Å². The molecule has 0 aromatic heterocycles. The Morgan fingerprint density at radius 3 is 1.53 bits per heavy atom. The number of halogens is 12. The van der Waals surface area contributed by atoms with Gasteiger partial charge in [-0.1, -0.05) is 42.5 Å². The standard InChI is InChI=1S/C27H18F12N2O2/c28-22(29)24(32,33)26(36,37)27(38,39)25(34,35)23(30,31)14-17-11-12-18(40-20(42)15-7-3-1-4-8-15)13-19(17)41-21(43)16-9-5-2-6-10-16/h1-13,22H,14H2,(H,40,42)(H,41,43). The molecule has 4 nitrogen and oxygen atoms in total. The van der Waals surface area contributed by atoms with Crippen molar-refractivity contribution in [3.63, 3.8) is 0 Å². The maximum absolute atomic E-state index is 14.7. The number of carbonyl (C=O) groups excluding carboxylic acids is 2.